The van der Waals surface area contributed by atoms with Crippen molar-refractivity contribution in [3.63, 3.8) is 0 Å². The van der Waals surface area contributed by atoms with Gasteiger partial charge in [0, 0.05) is 43.5 Å². The fraction of sp³-hybridized carbons (Fsp3) is 0.240. The number of hydrogen-bond donors (Lipinski definition) is 0. The second-order valence-corrected chi connectivity index (χ2v) is 18.6. The van der Waals surface area contributed by atoms with E-state index in [2.05, 4.69) is 52.3 Å². The molecule has 2 atom stereocenters. The Morgan fingerprint density at radius 3 is 1.39 bits per heavy atom. The van der Waals surface area contributed by atoms with Crippen molar-refractivity contribution in [3.8, 4) is 66.8 Å². The van der Waals surface area contributed by atoms with Crippen LogP contribution in [0.2, 0.25) is 0 Å². The lowest BCUT2D eigenvalue weighted by molar-refractivity contribution is -0.179. The van der Waals surface area contributed by atoms with Gasteiger partial charge in [0.25, 0.3) is 5.91 Å². The summed E-state index contributed by atoms with van der Waals surface area (Å²) in [5.74, 6) is 3.56. The van der Waals surface area contributed by atoms with E-state index in [0.29, 0.717) is 33.2 Å². The SMILES string of the molecule is COC(C(=O)N(C)OC)c1ccc(-c2nnc(C)s2)cc1.COc1cc(-c2ccc(C(=O)C(OC)c3ccc(-c4nnc(C)s4)cc3)o2)cc(OC)c1Br.COc1cc(-c2ccco2)cc(OC)c1Br. The number of ether oxygens (including phenoxy) is 6. The quantitative estimate of drug-likeness (QED) is 0.0658. The molecule has 366 valence electrons. The van der Waals surface area contributed by atoms with Crippen LogP contribution in [0, 0.1) is 13.8 Å². The molecule has 0 aliphatic carbocycles. The van der Waals surface area contributed by atoms with Crippen LogP contribution < -0.4 is 18.9 Å². The fourth-order valence-corrected chi connectivity index (χ4v) is 9.18. The normalized spacial score (nSPS) is 11.6. The largest absolute Gasteiger partial charge is 0.495 e. The zero-order chi connectivity index (χ0) is 50.5. The van der Waals surface area contributed by atoms with Crippen LogP contribution in [-0.4, -0.2) is 94.0 Å². The van der Waals surface area contributed by atoms with E-state index in [9.17, 15) is 9.59 Å². The Kier molecular flexibility index (Phi) is 19.0. The molecule has 20 heteroatoms. The van der Waals surface area contributed by atoms with E-state index >= 15 is 0 Å². The predicted octanol–water partition coefficient (Wildman–Crippen LogP) is 12.1. The first-order chi connectivity index (χ1) is 33.8. The van der Waals surface area contributed by atoms with Crippen LogP contribution in [0.15, 0.2) is 121 Å². The van der Waals surface area contributed by atoms with Crippen LogP contribution in [0.3, 0.4) is 0 Å². The van der Waals surface area contributed by atoms with Crippen molar-refractivity contribution in [1.29, 1.82) is 0 Å². The Morgan fingerprint density at radius 1 is 0.571 bits per heavy atom. The highest BCUT2D eigenvalue weighted by molar-refractivity contribution is 9.11. The lowest BCUT2D eigenvalue weighted by Gasteiger charge is -2.20. The fourth-order valence-electron chi connectivity index (χ4n) is 6.68. The maximum Gasteiger partial charge on any atom is 0.279 e. The number of methoxy groups -OCH3 is 6. The molecule has 4 aromatic carbocycles. The minimum atomic E-state index is -0.803. The molecule has 0 saturated carbocycles. The molecule has 0 aliphatic rings. The van der Waals surface area contributed by atoms with E-state index in [0.717, 1.165) is 68.7 Å². The molecule has 4 aromatic heterocycles. The van der Waals surface area contributed by atoms with Crippen LogP contribution >= 0.6 is 54.5 Å². The molecule has 1 amide bonds. The molecular formula is C50H49Br2N5O11S2. The molecule has 0 N–H and O–H groups in total. The third-order valence-electron chi connectivity index (χ3n) is 10.3. The van der Waals surface area contributed by atoms with Gasteiger partial charge in [-0.3, -0.25) is 14.4 Å². The van der Waals surface area contributed by atoms with Gasteiger partial charge in [-0.05, 0) is 105 Å². The first kappa shape index (κ1) is 53.1. The standard InChI is InChI=1S/C24H21BrN2O5S.C14H17N3O3S.C12H11BrO3/c1-13-26-27-24(33-13)15-7-5-14(6-8-15)23(31-4)22(28)18-10-9-17(32-18)16-11-19(29-2)21(25)20(12-16)30-3;1-9-15-16-13(21-9)11-7-5-10(6-8-11)12(19-3)14(18)17(2)20-4;1-14-10-6-8(9-4-3-5-16-9)7-11(15-2)12(10)13/h5-12,23H,1-4H3;5-8,12H,1-4H3;3-7H,1-2H3. The maximum absolute atomic E-state index is 13.2. The molecule has 0 aliphatic heterocycles. The number of furan rings is 2. The number of aryl methyl sites for hydroxylation is 2. The Balaban J connectivity index is 0.000000186. The Morgan fingerprint density at radius 2 is 1.01 bits per heavy atom. The number of amides is 1. The number of rotatable bonds is 16. The number of halogens is 2. The van der Waals surface area contributed by atoms with Crippen LogP contribution in [0.1, 0.15) is 43.9 Å². The van der Waals surface area contributed by atoms with Gasteiger partial charge in [0.15, 0.2) is 11.9 Å². The topological polar surface area (TPSA) is 180 Å². The Labute approximate surface area is 429 Å². The van der Waals surface area contributed by atoms with Crippen molar-refractivity contribution in [2.75, 3.05) is 56.8 Å². The highest BCUT2D eigenvalue weighted by Crippen LogP contribution is 2.41. The summed E-state index contributed by atoms with van der Waals surface area (Å²) in [4.78, 5) is 30.2. The zero-order valence-corrected chi connectivity index (χ0v) is 44.6. The summed E-state index contributed by atoms with van der Waals surface area (Å²) < 4.78 is 44.8. The van der Waals surface area contributed by atoms with Gasteiger partial charge in [-0.25, -0.2) is 5.06 Å². The summed E-state index contributed by atoms with van der Waals surface area (Å²) in [6.45, 7) is 3.82. The van der Waals surface area contributed by atoms with Gasteiger partial charge in [0.2, 0.25) is 5.78 Å². The Hall–Kier alpha value is -6.26. The average Bonchev–Trinajstić information content (AvgIpc) is 4.25. The predicted molar refractivity (Wildman–Crippen MR) is 274 cm³/mol. The van der Waals surface area contributed by atoms with Crippen LogP contribution in [-0.2, 0) is 19.1 Å². The maximum atomic E-state index is 13.2. The molecule has 8 aromatic rings. The summed E-state index contributed by atoms with van der Waals surface area (Å²) in [7, 11) is 12.4. The number of benzene rings is 4. The summed E-state index contributed by atoms with van der Waals surface area (Å²) >= 11 is 9.91. The molecule has 0 radical (unpaired) electrons. The van der Waals surface area contributed by atoms with Crippen molar-refractivity contribution in [2.24, 2.45) is 0 Å². The molecule has 0 fully saturated rings. The third kappa shape index (κ3) is 12.7. The van der Waals surface area contributed by atoms with Gasteiger partial charge in [0.05, 0.1) is 41.8 Å². The van der Waals surface area contributed by atoms with Crippen LogP contribution in [0.5, 0.6) is 23.0 Å². The smallest absolute Gasteiger partial charge is 0.279 e. The summed E-state index contributed by atoms with van der Waals surface area (Å²) in [6, 6.07) is 29.5. The summed E-state index contributed by atoms with van der Waals surface area (Å²) in [5, 5.41) is 20.9. The van der Waals surface area contributed by atoms with Crippen LogP contribution in [0.4, 0.5) is 0 Å². The first-order valence-electron chi connectivity index (χ1n) is 21.0. The van der Waals surface area contributed by atoms with Gasteiger partial charge in [-0.15, -0.1) is 20.4 Å². The van der Waals surface area contributed by atoms with E-state index in [1.54, 1.807) is 66.0 Å². The first-order valence-corrected chi connectivity index (χ1v) is 24.2. The molecule has 8 rings (SSSR count). The monoisotopic (exact) mass is 1120 g/mol. The highest BCUT2D eigenvalue weighted by atomic mass is 79.9. The molecule has 0 spiro atoms. The van der Waals surface area contributed by atoms with Gasteiger partial charge >= 0.3 is 0 Å². The van der Waals surface area contributed by atoms with Crippen molar-refractivity contribution in [1.82, 2.24) is 25.5 Å². The number of carbonyl (C=O) groups is 2. The van der Waals surface area contributed by atoms with E-state index in [-0.39, 0.29) is 17.5 Å². The molecule has 0 saturated heterocycles. The number of hydrogen-bond acceptors (Lipinski definition) is 17. The average molecular weight is 1120 g/mol. The minimum Gasteiger partial charge on any atom is -0.495 e. The van der Waals surface area contributed by atoms with Crippen molar-refractivity contribution in [3.05, 3.63) is 139 Å². The molecule has 16 nitrogen and oxygen atoms in total. The number of carbonyl (C=O) groups excluding carboxylic acids is 2. The third-order valence-corrected chi connectivity index (χ3v) is 13.7. The molecular weight excluding hydrogens is 1070 g/mol. The number of hydroxylamine groups is 2. The lowest BCUT2D eigenvalue weighted by atomic mass is 10.0. The minimum absolute atomic E-state index is 0.196. The van der Waals surface area contributed by atoms with Crippen molar-refractivity contribution < 1.29 is 51.7 Å². The number of likely N-dealkylation sites (N-methyl/N-ethyl adjacent to an activating group) is 1. The molecule has 0 bridgehead atoms. The molecule has 70 heavy (non-hydrogen) atoms. The van der Waals surface area contributed by atoms with E-state index < -0.39 is 12.2 Å². The molecule has 2 unspecified atom stereocenters. The number of aromatic nitrogens is 4. The van der Waals surface area contributed by atoms with Gasteiger partial charge < -0.3 is 37.3 Å². The second kappa shape index (κ2) is 25.0. The Bertz CT molecular complexity index is 2930. The van der Waals surface area contributed by atoms with E-state index in [1.807, 2.05) is 86.6 Å². The van der Waals surface area contributed by atoms with E-state index in [1.165, 1.54) is 44.0 Å². The molecule has 4 heterocycles. The highest BCUT2D eigenvalue weighted by Gasteiger charge is 2.26. The van der Waals surface area contributed by atoms with Crippen LogP contribution in [0.25, 0.3) is 43.8 Å². The van der Waals surface area contributed by atoms with Gasteiger partial charge in [-0.1, -0.05) is 71.2 Å². The second-order valence-electron chi connectivity index (χ2n) is 14.6. The summed E-state index contributed by atoms with van der Waals surface area (Å²) in [6.07, 6.45) is 0.138. The summed E-state index contributed by atoms with van der Waals surface area (Å²) in [5.41, 5.74) is 5.02. The van der Waals surface area contributed by atoms with E-state index in [4.69, 9.17) is 42.1 Å². The van der Waals surface area contributed by atoms with Crippen molar-refractivity contribution in [2.45, 2.75) is 26.1 Å². The zero-order valence-electron chi connectivity index (χ0n) is 39.8. The number of Topliss-reactive ketones (excluding diaryl/α,β-unsaturated/α-hetero) is 1. The van der Waals surface area contributed by atoms with Gasteiger partial charge in [0.1, 0.15) is 69.6 Å². The number of nitrogens with zero attached hydrogens (tertiary/aromatic N) is 5. The van der Waals surface area contributed by atoms with Gasteiger partial charge in [-0.2, -0.15) is 0 Å². The van der Waals surface area contributed by atoms with Crippen molar-refractivity contribution >= 4 is 66.2 Å². The lowest BCUT2D eigenvalue weighted by Crippen LogP contribution is -2.31. The number of ketones is 1.